The minimum atomic E-state index is 0. The Morgan fingerprint density at radius 2 is 0.925 bits per heavy atom. The molecule has 1 N–H and O–H groups in total. The molecule has 0 radical (unpaired) electrons. The van der Waals surface area contributed by atoms with Gasteiger partial charge in [-0.1, -0.05) is 144 Å². The van der Waals surface area contributed by atoms with Crippen LogP contribution in [0, 0.1) is 0 Å². The number of esters is 1. The van der Waals surface area contributed by atoms with Crippen LogP contribution in [0.5, 0.6) is 0 Å². The molecule has 0 saturated carbocycles. The molecule has 0 saturated heterocycles. The topological polar surface area (TPSA) is 49.8 Å². The number of ether oxygens (including phenoxy) is 1. The molecule has 0 spiro atoms. The monoisotopic (exact) mass is 570 g/mol. The van der Waals surface area contributed by atoms with E-state index in [1.165, 1.54) is 135 Å². The van der Waals surface area contributed by atoms with E-state index in [4.69, 9.17) is 4.74 Å². The van der Waals surface area contributed by atoms with Gasteiger partial charge in [-0.15, -0.1) is 0 Å². The minimum Gasteiger partial charge on any atom is -0.462 e. The first-order valence-electron chi connectivity index (χ1n) is 17.7. The maximum Gasteiger partial charge on any atom is 0.306 e. The molecule has 40 heavy (non-hydrogen) atoms. The SMILES string of the molecule is C.CCCCCCCCC(CCCCCCCC)OC(=O)CCCCCCCN(CCO)CCCCCCCC. The highest BCUT2D eigenvalue weighted by Gasteiger charge is 2.14. The lowest BCUT2D eigenvalue weighted by Gasteiger charge is -2.21. The van der Waals surface area contributed by atoms with Crippen molar-refractivity contribution in [3.8, 4) is 0 Å². The van der Waals surface area contributed by atoms with E-state index < -0.39 is 0 Å². The Morgan fingerprint density at radius 1 is 0.550 bits per heavy atom. The Kier molecular flexibility index (Phi) is 35.9. The van der Waals surface area contributed by atoms with Gasteiger partial charge < -0.3 is 14.7 Å². The van der Waals surface area contributed by atoms with E-state index in [0.717, 1.165) is 45.3 Å². The number of hydrogen-bond acceptors (Lipinski definition) is 4. The number of carbonyl (C=O) groups is 1. The smallest absolute Gasteiger partial charge is 0.306 e. The molecule has 0 aliphatic heterocycles. The zero-order valence-corrected chi connectivity index (χ0v) is 27.0. The molecule has 0 atom stereocenters. The van der Waals surface area contributed by atoms with Crippen molar-refractivity contribution in [1.29, 1.82) is 0 Å². The summed E-state index contributed by atoms with van der Waals surface area (Å²) in [6.45, 7) is 10.1. The Labute approximate surface area is 252 Å². The second-order valence-corrected chi connectivity index (χ2v) is 12.1. The Bertz CT molecular complexity index is 469. The standard InChI is InChI=1S/C35H71NO3.CH4/c1-4-7-10-13-17-22-27-34(28-23-18-14-11-8-5-2)39-35(38)29-24-19-16-21-26-31-36(32-33-37)30-25-20-15-12-9-6-3;/h34,37H,4-33H2,1-3H3;1H4. The number of unbranched alkanes of at least 4 members (excludes halogenated alkanes) is 19. The van der Waals surface area contributed by atoms with Crippen molar-refractivity contribution in [2.45, 2.75) is 201 Å². The third kappa shape index (κ3) is 30.4. The van der Waals surface area contributed by atoms with Gasteiger partial charge in [0.1, 0.15) is 6.10 Å². The van der Waals surface area contributed by atoms with E-state index in [-0.39, 0.29) is 26.1 Å². The maximum absolute atomic E-state index is 12.6. The van der Waals surface area contributed by atoms with Crippen LogP contribution in [0.1, 0.15) is 195 Å². The van der Waals surface area contributed by atoms with Crippen LogP contribution in [0.25, 0.3) is 0 Å². The van der Waals surface area contributed by atoms with E-state index in [1.807, 2.05) is 0 Å². The predicted molar refractivity (Wildman–Crippen MR) is 177 cm³/mol. The van der Waals surface area contributed by atoms with Crippen LogP contribution < -0.4 is 0 Å². The molecule has 0 amide bonds. The van der Waals surface area contributed by atoms with Gasteiger partial charge >= 0.3 is 5.97 Å². The van der Waals surface area contributed by atoms with Crippen molar-refractivity contribution in [1.82, 2.24) is 4.90 Å². The summed E-state index contributed by atoms with van der Waals surface area (Å²) in [6.07, 6.45) is 32.0. The first-order chi connectivity index (χ1) is 19.2. The van der Waals surface area contributed by atoms with Crippen molar-refractivity contribution >= 4 is 5.97 Å². The molecular formula is C36H75NO3. The lowest BCUT2D eigenvalue weighted by molar-refractivity contribution is -0.150. The van der Waals surface area contributed by atoms with Gasteiger partial charge in [0.2, 0.25) is 0 Å². The van der Waals surface area contributed by atoms with Gasteiger partial charge in [-0.3, -0.25) is 4.79 Å². The Hall–Kier alpha value is -0.610. The van der Waals surface area contributed by atoms with Gasteiger partial charge in [0, 0.05) is 13.0 Å². The fourth-order valence-electron chi connectivity index (χ4n) is 5.54. The highest BCUT2D eigenvalue weighted by molar-refractivity contribution is 5.69. The van der Waals surface area contributed by atoms with Crippen molar-refractivity contribution in [3.05, 3.63) is 0 Å². The minimum absolute atomic E-state index is 0. The molecule has 0 aliphatic carbocycles. The molecule has 0 aromatic carbocycles. The fraction of sp³-hybridized carbons (Fsp3) is 0.972. The Balaban J connectivity index is 0. The number of aliphatic hydroxyl groups excluding tert-OH is 1. The van der Waals surface area contributed by atoms with E-state index >= 15 is 0 Å². The summed E-state index contributed by atoms with van der Waals surface area (Å²) in [5.74, 6) is 0.0324. The van der Waals surface area contributed by atoms with Gasteiger partial charge in [0.05, 0.1) is 6.61 Å². The highest BCUT2D eigenvalue weighted by Crippen LogP contribution is 2.18. The first-order valence-corrected chi connectivity index (χ1v) is 17.7. The largest absolute Gasteiger partial charge is 0.462 e. The predicted octanol–water partition coefficient (Wildman–Crippen LogP) is 11.0. The van der Waals surface area contributed by atoms with Gasteiger partial charge in [0.25, 0.3) is 0 Å². The average Bonchev–Trinajstić information content (AvgIpc) is 2.93. The summed E-state index contributed by atoms with van der Waals surface area (Å²) in [5, 5.41) is 9.39. The molecule has 0 unspecified atom stereocenters. The van der Waals surface area contributed by atoms with Crippen molar-refractivity contribution in [2.75, 3.05) is 26.2 Å². The summed E-state index contributed by atoms with van der Waals surface area (Å²) in [6, 6.07) is 0. The van der Waals surface area contributed by atoms with Crippen molar-refractivity contribution in [2.24, 2.45) is 0 Å². The van der Waals surface area contributed by atoms with Crippen LogP contribution in [0.15, 0.2) is 0 Å². The van der Waals surface area contributed by atoms with E-state index in [9.17, 15) is 9.90 Å². The summed E-state index contributed by atoms with van der Waals surface area (Å²) in [4.78, 5) is 15.0. The second kappa shape index (κ2) is 34.6. The molecule has 0 aliphatic rings. The van der Waals surface area contributed by atoms with Gasteiger partial charge in [-0.25, -0.2) is 0 Å². The van der Waals surface area contributed by atoms with Crippen LogP contribution in [0.4, 0.5) is 0 Å². The van der Waals surface area contributed by atoms with E-state index in [2.05, 4.69) is 25.7 Å². The molecule has 0 bridgehead atoms. The van der Waals surface area contributed by atoms with E-state index in [0.29, 0.717) is 6.42 Å². The molecule has 4 nitrogen and oxygen atoms in total. The third-order valence-corrected chi connectivity index (χ3v) is 8.16. The molecule has 0 aromatic rings. The summed E-state index contributed by atoms with van der Waals surface area (Å²) in [5.41, 5.74) is 0. The number of aliphatic hydroxyl groups is 1. The third-order valence-electron chi connectivity index (χ3n) is 8.16. The maximum atomic E-state index is 12.6. The number of carbonyl (C=O) groups excluding carboxylic acids is 1. The molecule has 0 rings (SSSR count). The zero-order chi connectivity index (χ0) is 28.7. The molecule has 4 heteroatoms. The molecule has 0 aromatic heterocycles. The average molecular weight is 570 g/mol. The van der Waals surface area contributed by atoms with Crippen LogP contribution in [-0.4, -0.2) is 48.3 Å². The quantitative estimate of drug-likeness (QED) is 0.0646. The van der Waals surface area contributed by atoms with E-state index in [1.54, 1.807) is 0 Å². The molecule has 0 fully saturated rings. The normalized spacial score (nSPS) is 11.3. The number of hydrogen-bond donors (Lipinski definition) is 1. The van der Waals surface area contributed by atoms with Gasteiger partial charge in [-0.2, -0.15) is 0 Å². The zero-order valence-electron chi connectivity index (χ0n) is 27.0. The van der Waals surface area contributed by atoms with Crippen LogP contribution in [0.3, 0.4) is 0 Å². The van der Waals surface area contributed by atoms with Crippen LogP contribution >= 0.6 is 0 Å². The second-order valence-electron chi connectivity index (χ2n) is 12.1. The van der Waals surface area contributed by atoms with Crippen LogP contribution in [0.2, 0.25) is 0 Å². The summed E-state index contributed by atoms with van der Waals surface area (Å²) in [7, 11) is 0. The molecular weight excluding hydrogens is 494 g/mol. The summed E-state index contributed by atoms with van der Waals surface area (Å²) < 4.78 is 5.99. The molecule has 242 valence electrons. The first kappa shape index (κ1) is 41.5. The molecule has 0 heterocycles. The van der Waals surface area contributed by atoms with Gasteiger partial charge in [0.15, 0.2) is 0 Å². The lowest BCUT2D eigenvalue weighted by atomic mass is 10.0. The van der Waals surface area contributed by atoms with Crippen molar-refractivity contribution < 1.29 is 14.6 Å². The number of nitrogens with zero attached hydrogens (tertiary/aromatic N) is 1. The highest BCUT2D eigenvalue weighted by atomic mass is 16.5. The lowest BCUT2D eigenvalue weighted by Crippen LogP contribution is -2.29. The van der Waals surface area contributed by atoms with Crippen LogP contribution in [-0.2, 0) is 9.53 Å². The fourth-order valence-corrected chi connectivity index (χ4v) is 5.54. The van der Waals surface area contributed by atoms with Crippen molar-refractivity contribution in [3.63, 3.8) is 0 Å². The Morgan fingerprint density at radius 3 is 1.35 bits per heavy atom. The number of rotatable bonds is 32. The van der Waals surface area contributed by atoms with Gasteiger partial charge in [-0.05, 0) is 58.0 Å². The summed E-state index contributed by atoms with van der Waals surface area (Å²) >= 11 is 0.